The number of nitrogens with zero attached hydrogens (tertiary/aromatic N) is 2. The Morgan fingerprint density at radius 2 is 1.72 bits per heavy atom. The van der Waals surface area contributed by atoms with E-state index < -0.39 is 5.91 Å². The monoisotopic (exact) mass is 396 g/mol. The normalized spacial score (nSPS) is 10.3. The van der Waals surface area contributed by atoms with Gasteiger partial charge in [0.05, 0.1) is 14.2 Å². The van der Waals surface area contributed by atoms with Gasteiger partial charge in [0.15, 0.2) is 11.5 Å². The van der Waals surface area contributed by atoms with Crippen LogP contribution >= 0.6 is 0 Å². The van der Waals surface area contributed by atoms with Crippen molar-refractivity contribution in [1.82, 2.24) is 9.97 Å². The Balaban J connectivity index is 1.71. The number of hydrogen-bond acceptors (Lipinski definition) is 6. The molecule has 0 aliphatic carbocycles. The lowest BCUT2D eigenvalue weighted by Gasteiger charge is -2.12. The molecule has 3 rings (SSSR count). The van der Waals surface area contributed by atoms with Crippen LogP contribution in [0.4, 0.5) is 15.9 Å². The van der Waals surface area contributed by atoms with Crippen molar-refractivity contribution in [3.8, 4) is 11.5 Å². The average Bonchev–Trinajstić information content (AvgIpc) is 2.73. The van der Waals surface area contributed by atoms with Crippen molar-refractivity contribution in [2.24, 2.45) is 0 Å². The Morgan fingerprint density at radius 3 is 2.41 bits per heavy atom. The quantitative estimate of drug-likeness (QED) is 0.632. The molecule has 8 heteroatoms. The minimum absolute atomic E-state index is 0.205. The fourth-order valence-electron chi connectivity index (χ4n) is 2.69. The molecule has 0 aliphatic heterocycles. The van der Waals surface area contributed by atoms with Crippen molar-refractivity contribution >= 4 is 17.4 Å². The number of methoxy groups -OCH3 is 2. The van der Waals surface area contributed by atoms with E-state index in [0.717, 1.165) is 5.56 Å². The summed E-state index contributed by atoms with van der Waals surface area (Å²) in [5.74, 6) is 1.46. The van der Waals surface area contributed by atoms with Crippen LogP contribution in [0, 0.1) is 12.7 Å². The lowest BCUT2D eigenvalue weighted by molar-refractivity contribution is 0.102. The zero-order valence-corrected chi connectivity index (χ0v) is 16.3. The molecule has 1 amide bonds. The summed E-state index contributed by atoms with van der Waals surface area (Å²) < 4.78 is 23.6. The van der Waals surface area contributed by atoms with Crippen LogP contribution in [-0.4, -0.2) is 30.1 Å². The molecule has 150 valence electrons. The van der Waals surface area contributed by atoms with Gasteiger partial charge in [0.2, 0.25) is 0 Å². The van der Waals surface area contributed by atoms with Gasteiger partial charge in [-0.15, -0.1) is 0 Å². The van der Waals surface area contributed by atoms with Crippen LogP contribution in [0.5, 0.6) is 11.5 Å². The molecule has 0 radical (unpaired) electrons. The van der Waals surface area contributed by atoms with E-state index in [1.54, 1.807) is 27.2 Å². The van der Waals surface area contributed by atoms with E-state index in [1.165, 1.54) is 24.3 Å². The number of amides is 1. The van der Waals surface area contributed by atoms with Gasteiger partial charge in [-0.3, -0.25) is 4.79 Å². The van der Waals surface area contributed by atoms with Gasteiger partial charge in [-0.05, 0) is 48.9 Å². The van der Waals surface area contributed by atoms with E-state index in [2.05, 4.69) is 20.6 Å². The van der Waals surface area contributed by atoms with Gasteiger partial charge >= 0.3 is 0 Å². The number of ether oxygens (including phenoxy) is 2. The van der Waals surface area contributed by atoms with E-state index >= 15 is 0 Å². The SMILES string of the molecule is COc1ccc(CNc2cc(C(=O)Nc3ccc(F)cc3)nc(C)n2)cc1OC. The van der Waals surface area contributed by atoms with Crippen molar-refractivity contribution < 1.29 is 18.7 Å². The van der Waals surface area contributed by atoms with Gasteiger partial charge in [-0.1, -0.05) is 6.07 Å². The second-order valence-corrected chi connectivity index (χ2v) is 6.19. The second kappa shape index (κ2) is 9.01. The smallest absolute Gasteiger partial charge is 0.274 e. The lowest BCUT2D eigenvalue weighted by Crippen LogP contribution is -2.16. The highest BCUT2D eigenvalue weighted by Gasteiger charge is 2.12. The molecule has 2 aromatic carbocycles. The maximum absolute atomic E-state index is 13.0. The van der Waals surface area contributed by atoms with E-state index in [-0.39, 0.29) is 11.5 Å². The summed E-state index contributed by atoms with van der Waals surface area (Å²) in [6.07, 6.45) is 0. The minimum Gasteiger partial charge on any atom is -0.493 e. The van der Waals surface area contributed by atoms with Crippen LogP contribution in [-0.2, 0) is 6.54 Å². The first-order valence-electron chi connectivity index (χ1n) is 8.86. The Kier molecular flexibility index (Phi) is 6.23. The molecule has 0 spiro atoms. The largest absolute Gasteiger partial charge is 0.493 e. The van der Waals surface area contributed by atoms with E-state index in [0.29, 0.717) is 35.4 Å². The van der Waals surface area contributed by atoms with Gasteiger partial charge < -0.3 is 20.1 Å². The Labute approximate surface area is 167 Å². The van der Waals surface area contributed by atoms with E-state index in [1.807, 2.05) is 18.2 Å². The van der Waals surface area contributed by atoms with Crippen LogP contribution in [0.2, 0.25) is 0 Å². The van der Waals surface area contributed by atoms with E-state index in [4.69, 9.17) is 9.47 Å². The number of rotatable bonds is 7. The molecule has 29 heavy (non-hydrogen) atoms. The summed E-state index contributed by atoms with van der Waals surface area (Å²) in [6, 6.07) is 12.7. The highest BCUT2D eigenvalue weighted by Crippen LogP contribution is 2.27. The molecule has 0 fully saturated rings. The number of carbonyl (C=O) groups excluding carboxylic acids is 1. The Morgan fingerprint density at radius 1 is 1.00 bits per heavy atom. The Bertz CT molecular complexity index is 1010. The molecule has 2 N–H and O–H groups in total. The third-order valence-electron chi connectivity index (χ3n) is 4.09. The molecule has 0 aliphatic rings. The summed E-state index contributed by atoms with van der Waals surface area (Å²) >= 11 is 0. The first-order valence-corrected chi connectivity index (χ1v) is 8.86. The predicted molar refractivity (Wildman–Crippen MR) is 108 cm³/mol. The average molecular weight is 396 g/mol. The van der Waals surface area contributed by atoms with Gasteiger partial charge in [0.1, 0.15) is 23.2 Å². The Hall–Kier alpha value is -3.68. The fourth-order valence-corrected chi connectivity index (χ4v) is 2.69. The number of anilines is 2. The summed E-state index contributed by atoms with van der Waals surface area (Å²) in [5.41, 5.74) is 1.64. The van der Waals surface area contributed by atoms with Crippen LogP contribution in [0.25, 0.3) is 0 Å². The molecule has 1 aromatic heterocycles. The van der Waals surface area contributed by atoms with Gasteiger partial charge in [0.25, 0.3) is 5.91 Å². The summed E-state index contributed by atoms with van der Waals surface area (Å²) in [6.45, 7) is 2.17. The molecule has 0 saturated carbocycles. The van der Waals surface area contributed by atoms with Crippen LogP contribution in [0.15, 0.2) is 48.5 Å². The molecule has 0 unspecified atom stereocenters. The predicted octanol–water partition coefficient (Wildman–Crippen LogP) is 3.81. The van der Waals surface area contributed by atoms with Crippen molar-refractivity contribution in [3.63, 3.8) is 0 Å². The second-order valence-electron chi connectivity index (χ2n) is 6.19. The van der Waals surface area contributed by atoms with Gasteiger partial charge in [0, 0.05) is 18.3 Å². The van der Waals surface area contributed by atoms with E-state index in [9.17, 15) is 9.18 Å². The zero-order chi connectivity index (χ0) is 20.8. The molecule has 0 saturated heterocycles. The standard InChI is InChI=1S/C21H21FN4O3/c1-13-24-17(21(27)26-16-7-5-15(22)6-8-16)11-20(25-13)23-12-14-4-9-18(28-2)19(10-14)29-3/h4-11H,12H2,1-3H3,(H,26,27)(H,23,24,25). The van der Waals surface area contributed by atoms with Gasteiger partial charge in [-0.2, -0.15) is 0 Å². The third kappa shape index (κ3) is 5.19. The fraction of sp³-hybridized carbons (Fsp3) is 0.190. The van der Waals surface area contributed by atoms with Crippen LogP contribution in [0.1, 0.15) is 21.9 Å². The minimum atomic E-state index is -0.406. The molecular formula is C21H21FN4O3. The molecule has 7 nitrogen and oxygen atoms in total. The molecule has 1 heterocycles. The zero-order valence-electron chi connectivity index (χ0n) is 16.3. The van der Waals surface area contributed by atoms with Crippen molar-refractivity contribution in [3.05, 3.63) is 71.4 Å². The third-order valence-corrected chi connectivity index (χ3v) is 4.09. The number of nitrogens with one attached hydrogen (secondary N) is 2. The first kappa shape index (κ1) is 20.1. The molecule has 3 aromatic rings. The molecule has 0 atom stereocenters. The summed E-state index contributed by atoms with van der Waals surface area (Å²) in [4.78, 5) is 21.0. The first-order chi connectivity index (χ1) is 14.0. The van der Waals surface area contributed by atoms with Crippen LogP contribution < -0.4 is 20.1 Å². The van der Waals surface area contributed by atoms with Crippen molar-refractivity contribution in [2.75, 3.05) is 24.9 Å². The highest BCUT2D eigenvalue weighted by molar-refractivity contribution is 6.03. The number of halogens is 1. The van der Waals surface area contributed by atoms with Gasteiger partial charge in [-0.25, -0.2) is 14.4 Å². The van der Waals surface area contributed by atoms with Crippen LogP contribution in [0.3, 0.4) is 0 Å². The number of hydrogen-bond donors (Lipinski definition) is 2. The molecular weight excluding hydrogens is 375 g/mol. The summed E-state index contributed by atoms with van der Waals surface area (Å²) in [5, 5.41) is 5.87. The number of benzene rings is 2. The molecule has 0 bridgehead atoms. The number of aromatic nitrogens is 2. The van der Waals surface area contributed by atoms with Crippen molar-refractivity contribution in [2.45, 2.75) is 13.5 Å². The number of aryl methyl sites for hydroxylation is 1. The number of carbonyl (C=O) groups is 1. The maximum Gasteiger partial charge on any atom is 0.274 e. The lowest BCUT2D eigenvalue weighted by atomic mass is 10.2. The summed E-state index contributed by atoms with van der Waals surface area (Å²) in [7, 11) is 3.16. The highest BCUT2D eigenvalue weighted by atomic mass is 19.1. The van der Waals surface area contributed by atoms with Crippen molar-refractivity contribution in [1.29, 1.82) is 0 Å². The maximum atomic E-state index is 13.0. The topological polar surface area (TPSA) is 85.4 Å².